The van der Waals surface area contributed by atoms with E-state index in [2.05, 4.69) is 39.8 Å². The smallest absolute Gasteiger partial charge is 0.124 e. The molecule has 2 rings (SSSR count). The fraction of sp³-hybridized carbons (Fsp3) is 0.600. The molecule has 2 heteroatoms. The topological polar surface area (TPSA) is 29.5 Å². The molecule has 0 aliphatic heterocycles. The van der Waals surface area contributed by atoms with Crippen LogP contribution in [0.2, 0.25) is 0 Å². The fourth-order valence-electron chi connectivity index (χ4n) is 3.21. The highest BCUT2D eigenvalue weighted by molar-refractivity contribution is 5.38. The number of phenolic OH excluding ortho intramolecular Hbond substituents is 1. The largest absolute Gasteiger partial charge is 0.508 e. The normalized spacial score (nSPS) is 18.9. The lowest BCUT2D eigenvalue weighted by Crippen LogP contribution is -2.38. The lowest BCUT2D eigenvalue weighted by Gasteiger charge is -2.36. The maximum Gasteiger partial charge on any atom is 0.124 e. The lowest BCUT2D eigenvalue weighted by molar-refractivity contribution is 0.0381. The number of ether oxygens (including phenoxy) is 1. The minimum absolute atomic E-state index is 0.215. The number of unbranched alkanes of at least 4 members (excludes halogenated alkanes) is 1. The number of rotatable bonds is 6. The van der Waals surface area contributed by atoms with E-state index in [1.165, 1.54) is 18.4 Å². The summed E-state index contributed by atoms with van der Waals surface area (Å²) in [5.74, 6) is 1.62. The standard InChI is InChI=1S/C20H30O2/c1-5-6-7-16-12-18(21)14-19(13-16)22-20(3,4)17-10-8-15(2)9-11-17/h8,12-14,17,21H,5-7,9-11H2,1-4H3. The summed E-state index contributed by atoms with van der Waals surface area (Å²) < 4.78 is 6.29. The predicted molar refractivity (Wildman–Crippen MR) is 92.5 cm³/mol. The molecule has 0 spiro atoms. The van der Waals surface area contributed by atoms with Gasteiger partial charge in [0.1, 0.15) is 17.1 Å². The van der Waals surface area contributed by atoms with Crippen LogP contribution in [-0.2, 0) is 6.42 Å². The van der Waals surface area contributed by atoms with Crippen LogP contribution < -0.4 is 4.74 Å². The summed E-state index contributed by atoms with van der Waals surface area (Å²) in [7, 11) is 0. The molecule has 1 atom stereocenters. The zero-order chi connectivity index (χ0) is 16.2. The van der Waals surface area contributed by atoms with Gasteiger partial charge in [-0.3, -0.25) is 0 Å². The van der Waals surface area contributed by atoms with E-state index in [1.807, 2.05) is 6.07 Å². The van der Waals surface area contributed by atoms with Crippen LogP contribution in [0.3, 0.4) is 0 Å². The molecule has 2 nitrogen and oxygen atoms in total. The number of aromatic hydroxyl groups is 1. The summed E-state index contributed by atoms with van der Waals surface area (Å²) >= 11 is 0. The molecule has 1 unspecified atom stereocenters. The van der Waals surface area contributed by atoms with E-state index in [0.717, 1.165) is 37.0 Å². The van der Waals surface area contributed by atoms with Crippen LogP contribution in [0, 0.1) is 5.92 Å². The van der Waals surface area contributed by atoms with Crippen LogP contribution in [-0.4, -0.2) is 10.7 Å². The Balaban J connectivity index is 2.09. The molecule has 0 radical (unpaired) electrons. The van der Waals surface area contributed by atoms with E-state index in [9.17, 15) is 5.11 Å². The zero-order valence-electron chi connectivity index (χ0n) is 14.5. The van der Waals surface area contributed by atoms with E-state index < -0.39 is 0 Å². The summed E-state index contributed by atoms with van der Waals surface area (Å²) in [6.45, 7) is 8.73. The molecular weight excluding hydrogens is 272 g/mol. The molecule has 0 amide bonds. The first kappa shape index (κ1) is 16.9. The summed E-state index contributed by atoms with van der Waals surface area (Å²) in [5, 5.41) is 9.95. The van der Waals surface area contributed by atoms with Crippen molar-refractivity contribution in [3.05, 3.63) is 35.4 Å². The quantitative estimate of drug-likeness (QED) is 0.689. The Morgan fingerprint density at radius 2 is 2.05 bits per heavy atom. The summed E-state index contributed by atoms with van der Waals surface area (Å²) in [5.41, 5.74) is 2.44. The van der Waals surface area contributed by atoms with Gasteiger partial charge in [-0.1, -0.05) is 25.0 Å². The minimum atomic E-state index is -0.215. The predicted octanol–water partition coefficient (Wildman–Crippen LogP) is 5.64. The molecule has 0 heterocycles. The van der Waals surface area contributed by atoms with Crippen molar-refractivity contribution in [2.45, 2.75) is 71.8 Å². The molecule has 122 valence electrons. The van der Waals surface area contributed by atoms with E-state index in [4.69, 9.17) is 4.74 Å². The van der Waals surface area contributed by atoms with Gasteiger partial charge in [0.2, 0.25) is 0 Å². The third-order valence-electron chi connectivity index (χ3n) is 4.77. The molecule has 0 saturated heterocycles. The average molecular weight is 302 g/mol. The third kappa shape index (κ3) is 4.53. The lowest BCUT2D eigenvalue weighted by atomic mass is 9.79. The van der Waals surface area contributed by atoms with Gasteiger partial charge in [-0.05, 0) is 70.6 Å². The molecule has 0 fully saturated rings. The number of hydrogen-bond donors (Lipinski definition) is 1. The van der Waals surface area contributed by atoms with Gasteiger partial charge < -0.3 is 9.84 Å². The SMILES string of the molecule is CCCCc1cc(O)cc(OC(C)(C)C2CC=C(C)CC2)c1. The Hall–Kier alpha value is -1.44. The van der Waals surface area contributed by atoms with E-state index in [-0.39, 0.29) is 5.60 Å². The Bertz CT molecular complexity index is 529. The first-order valence-electron chi connectivity index (χ1n) is 8.58. The fourth-order valence-corrected chi connectivity index (χ4v) is 3.21. The van der Waals surface area contributed by atoms with Crippen LogP contribution in [0.1, 0.15) is 65.4 Å². The highest BCUT2D eigenvalue weighted by Gasteiger charge is 2.32. The van der Waals surface area contributed by atoms with Gasteiger partial charge in [-0.15, -0.1) is 0 Å². The molecule has 1 aliphatic carbocycles. The van der Waals surface area contributed by atoms with Crippen molar-refractivity contribution in [3.63, 3.8) is 0 Å². The zero-order valence-corrected chi connectivity index (χ0v) is 14.5. The first-order chi connectivity index (χ1) is 10.4. The van der Waals surface area contributed by atoms with Crippen LogP contribution in [0.5, 0.6) is 11.5 Å². The maximum absolute atomic E-state index is 9.95. The molecule has 1 aromatic rings. The monoisotopic (exact) mass is 302 g/mol. The highest BCUT2D eigenvalue weighted by Crippen LogP contribution is 2.36. The van der Waals surface area contributed by atoms with Crippen molar-refractivity contribution in [1.82, 2.24) is 0 Å². The van der Waals surface area contributed by atoms with Crippen LogP contribution in [0.15, 0.2) is 29.8 Å². The van der Waals surface area contributed by atoms with Crippen molar-refractivity contribution in [1.29, 1.82) is 0 Å². The average Bonchev–Trinajstić information content (AvgIpc) is 2.44. The molecule has 0 bridgehead atoms. The van der Waals surface area contributed by atoms with Gasteiger partial charge in [-0.25, -0.2) is 0 Å². The van der Waals surface area contributed by atoms with Crippen molar-refractivity contribution in [2.75, 3.05) is 0 Å². The second-order valence-electron chi connectivity index (χ2n) is 7.17. The molecule has 1 aliphatic rings. The van der Waals surface area contributed by atoms with E-state index in [0.29, 0.717) is 11.7 Å². The number of hydrogen-bond acceptors (Lipinski definition) is 2. The molecule has 1 aromatic carbocycles. The Kier molecular flexibility index (Phi) is 5.55. The minimum Gasteiger partial charge on any atom is -0.508 e. The van der Waals surface area contributed by atoms with Crippen LogP contribution >= 0.6 is 0 Å². The van der Waals surface area contributed by atoms with Crippen LogP contribution in [0.4, 0.5) is 0 Å². The highest BCUT2D eigenvalue weighted by atomic mass is 16.5. The van der Waals surface area contributed by atoms with E-state index in [1.54, 1.807) is 6.07 Å². The number of allylic oxidation sites excluding steroid dienone is 2. The number of aryl methyl sites for hydroxylation is 1. The molecule has 0 saturated carbocycles. The van der Waals surface area contributed by atoms with Gasteiger partial charge in [0.05, 0.1) is 0 Å². The maximum atomic E-state index is 9.95. The molecule has 22 heavy (non-hydrogen) atoms. The Labute approximate surface area is 135 Å². The first-order valence-corrected chi connectivity index (χ1v) is 8.58. The summed E-state index contributed by atoms with van der Waals surface area (Å²) in [6, 6.07) is 5.67. The van der Waals surface area contributed by atoms with Crippen molar-refractivity contribution >= 4 is 0 Å². The van der Waals surface area contributed by atoms with Gasteiger partial charge in [0, 0.05) is 12.0 Å². The molecule has 0 aromatic heterocycles. The Morgan fingerprint density at radius 3 is 2.68 bits per heavy atom. The third-order valence-corrected chi connectivity index (χ3v) is 4.77. The van der Waals surface area contributed by atoms with Crippen molar-refractivity contribution in [3.8, 4) is 11.5 Å². The second-order valence-corrected chi connectivity index (χ2v) is 7.17. The summed E-state index contributed by atoms with van der Waals surface area (Å²) in [4.78, 5) is 0. The number of phenols is 1. The Morgan fingerprint density at radius 1 is 1.27 bits per heavy atom. The van der Waals surface area contributed by atoms with Gasteiger partial charge in [0.15, 0.2) is 0 Å². The van der Waals surface area contributed by atoms with Crippen molar-refractivity contribution in [2.24, 2.45) is 5.92 Å². The van der Waals surface area contributed by atoms with Gasteiger partial charge in [0.25, 0.3) is 0 Å². The molecule has 1 N–H and O–H groups in total. The second kappa shape index (κ2) is 7.21. The van der Waals surface area contributed by atoms with Gasteiger partial charge in [-0.2, -0.15) is 0 Å². The van der Waals surface area contributed by atoms with Crippen molar-refractivity contribution < 1.29 is 9.84 Å². The molecular formula is C20H30O2. The summed E-state index contributed by atoms with van der Waals surface area (Å²) in [6.07, 6.45) is 9.06. The van der Waals surface area contributed by atoms with E-state index >= 15 is 0 Å². The number of benzene rings is 1. The van der Waals surface area contributed by atoms with Crippen LogP contribution in [0.25, 0.3) is 0 Å². The van der Waals surface area contributed by atoms with Gasteiger partial charge >= 0.3 is 0 Å².